The number of hydrogen-bond donors (Lipinski definition) is 2. The molecule has 1 unspecified atom stereocenters. The summed E-state index contributed by atoms with van der Waals surface area (Å²) in [5.74, 6) is -0.0138. The van der Waals surface area contributed by atoms with E-state index in [0.717, 1.165) is 11.3 Å². The van der Waals surface area contributed by atoms with Gasteiger partial charge in [-0.3, -0.25) is 4.79 Å². The van der Waals surface area contributed by atoms with Crippen LogP contribution in [-0.2, 0) is 0 Å². The summed E-state index contributed by atoms with van der Waals surface area (Å²) < 4.78 is 0. The van der Waals surface area contributed by atoms with Crippen LogP contribution in [0.15, 0.2) is 6.07 Å². The van der Waals surface area contributed by atoms with Gasteiger partial charge in [-0.2, -0.15) is 0 Å². The highest BCUT2D eigenvalue weighted by Crippen LogP contribution is 2.20. The van der Waals surface area contributed by atoms with Gasteiger partial charge in [0.15, 0.2) is 0 Å². The highest BCUT2D eigenvalue weighted by Gasteiger charge is 2.10. The smallest absolute Gasteiger partial charge is 0.261 e. The van der Waals surface area contributed by atoms with Gasteiger partial charge in [-0.15, -0.1) is 11.3 Å². The van der Waals surface area contributed by atoms with Crippen LogP contribution in [0, 0.1) is 13.8 Å². The second-order valence-electron chi connectivity index (χ2n) is 3.73. The van der Waals surface area contributed by atoms with Gasteiger partial charge in [0.25, 0.3) is 5.91 Å². The predicted octanol–water partition coefficient (Wildman–Crippen LogP) is 1.83. The Bertz CT molecular complexity index is 327. The Hall–Kier alpha value is -0.870. The Morgan fingerprint density at radius 2 is 2.27 bits per heavy atom. The molecule has 0 aliphatic rings. The fourth-order valence-electron chi connectivity index (χ4n) is 1.14. The molecule has 4 heteroatoms. The van der Waals surface area contributed by atoms with Gasteiger partial charge in [-0.05, 0) is 31.9 Å². The number of hydrogen-bond acceptors (Lipinski definition) is 3. The molecule has 0 spiro atoms. The van der Waals surface area contributed by atoms with Crippen LogP contribution in [0.3, 0.4) is 0 Å². The van der Waals surface area contributed by atoms with Gasteiger partial charge in [0, 0.05) is 17.5 Å². The van der Waals surface area contributed by atoms with Gasteiger partial charge >= 0.3 is 0 Å². The minimum absolute atomic E-state index is 0.0138. The lowest BCUT2D eigenvalue weighted by Crippen LogP contribution is -2.36. The number of carbonyl (C=O) groups is 1. The Morgan fingerprint density at radius 3 is 2.73 bits per heavy atom. The van der Waals surface area contributed by atoms with Crippen molar-refractivity contribution in [2.75, 3.05) is 6.54 Å². The molecule has 0 aliphatic heterocycles. The van der Waals surface area contributed by atoms with E-state index < -0.39 is 0 Å². The van der Waals surface area contributed by atoms with Crippen molar-refractivity contribution in [3.8, 4) is 0 Å². The fraction of sp³-hybridized carbons (Fsp3) is 0.545. The molecule has 0 bridgehead atoms. The molecular formula is C11H18N2OS. The summed E-state index contributed by atoms with van der Waals surface area (Å²) in [6.45, 7) is 6.59. The maximum atomic E-state index is 11.7. The molecule has 1 aromatic rings. The largest absolute Gasteiger partial charge is 0.350 e. The number of thiophene rings is 1. The zero-order valence-corrected chi connectivity index (χ0v) is 10.3. The van der Waals surface area contributed by atoms with Crippen LogP contribution in [0.25, 0.3) is 0 Å². The summed E-state index contributed by atoms with van der Waals surface area (Å²) in [7, 11) is 0. The molecule has 1 atom stereocenters. The average Bonchev–Trinajstić information content (AvgIpc) is 2.55. The number of rotatable bonds is 4. The van der Waals surface area contributed by atoms with E-state index in [-0.39, 0.29) is 11.9 Å². The fourth-order valence-corrected chi connectivity index (χ4v) is 2.09. The first-order chi connectivity index (χ1) is 7.04. The van der Waals surface area contributed by atoms with Crippen LogP contribution in [0.5, 0.6) is 0 Å². The van der Waals surface area contributed by atoms with Gasteiger partial charge in [0.05, 0.1) is 4.88 Å². The first kappa shape index (κ1) is 12.2. The number of nitrogens with one attached hydrogen (secondary N) is 1. The summed E-state index contributed by atoms with van der Waals surface area (Å²) in [4.78, 5) is 13.6. The average molecular weight is 226 g/mol. The molecule has 3 N–H and O–H groups in total. The zero-order chi connectivity index (χ0) is 11.4. The van der Waals surface area contributed by atoms with Crippen molar-refractivity contribution in [3.05, 3.63) is 21.4 Å². The maximum Gasteiger partial charge on any atom is 0.261 e. The third-order valence-electron chi connectivity index (χ3n) is 2.44. The molecule has 0 saturated carbocycles. The van der Waals surface area contributed by atoms with Gasteiger partial charge in [0.2, 0.25) is 0 Å². The molecule has 1 aromatic heterocycles. The molecule has 0 radical (unpaired) electrons. The van der Waals surface area contributed by atoms with Crippen LogP contribution >= 0.6 is 11.3 Å². The Kier molecular flexibility index (Phi) is 4.29. The summed E-state index contributed by atoms with van der Waals surface area (Å²) >= 11 is 1.53. The molecule has 15 heavy (non-hydrogen) atoms. The molecule has 0 fully saturated rings. The van der Waals surface area contributed by atoms with Crippen molar-refractivity contribution in [2.24, 2.45) is 5.73 Å². The van der Waals surface area contributed by atoms with E-state index in [9.17, 15) is 4.79 Å². The lowest BCUT2D eigenvalue weighted by molar-refractivity contribution is 0.0955. The van der Waals surface area contributed by atoms with Crippen LogP contribution in [0.2, 0.25) is 0 Å². The van der Waals surface area contributed by atoms with Gasteiger partial charge < -0.3 is 11.1 Å². The van der Waals surface area contributed by atoms with Gasteiger partial charge in [-0.25, -0.2) is 0 Å². The molecule has 1 amide bonds. The van der Waals surface area contributed by atoms with Crippen molar-refractivity contribution in [1.82, 2.24) is 5.32 Å². The predicted molar refractivity (Wildman–Crippen MR) is 64.4 cm³/mol. The molecule has 3 nitrogen and oxygen atoms in total. The van der Waals surface area contributed by atoms with E-state index in [4.69, 9.17) is 5.73 Å². The second kappa shape index (κ2) is 5.28. The Morgan fingerprint density at radius 1 is 1.60 bits per heavy atom. The summed E-state index contributed by atoms with van der Waals surface area (Å²) in [6, 6.07) is 1.98. The zero-order valence-electron chi connectivity index (χ0n) is 9.46. The molecule has 84 valence electrons. The van der Waals surface area contributed by atoms with Crippen LogP contribution < -0.4 is 11.1 Å². The van der Waals surface area contributed by atoms with Crippen LogP contribution in [0.4, 0.5) is 0 Å². The summed E-state index contributed by atoms with van der Waals surface area (Å²) in [5.41, 5.74) is 6.89. The summed E-state index contributed by atoms with van der Waals surface area (Å²) in [5, 5.41) is 2.84. The number of aryl methyl sites for hydroxylation is 2. The highest BCUT2D eigenvalue weighted by atomic mass is 32.1. The number of nitrogens with two attached hydrogens (primary N) is 1. The first-order valence-corrected chi connectivity index (χ1v) is 5.97. The first-order valence-electron chi connectivity index (χ1n) is 5.15. The van der Waals surface area contributed by atoms with E-state index >= 15 is 0 Å². The maximum absolute atomic E-state index is 11.7. The number of amides is 1. The van der Waals surface area contributed by atoms with Gasteiger partial charge in [0.1, 0.15) is 0 Å². The molecule has 1 heterocycles. The quantitative estimate of drug-likeness (QED) is 0.823. The van der Waals surface area contributed by atoms with E-state index in [1.165, 1.54) is 21.8 Å². The van der Waals surface area contributed by atoms with E-state index in [1.807, 2.05) is 26.8 Å². The molecule has 0 aliphatic carbocycles. The molecule has 0 saturated heterocycles. The van der Waals surface area contributed by atoms with Crippen molar-refractivity contribution in [3.63, 3.8) is 0 Å². The minimum atomic E-state index is -0.0138. The second-order valence-corrected chi connectivity index (χ2v) is 4.98. The third-order valence-corrected chi connectivity index (χ3v) is 3.59. The highest BCUT2D eigenvalue weighted by molar-refractivity contribution is 7.14. The normalized spacial score (nSPS) is 12.5. The molecule has 0 aromatic carbocycles. The van der Waals surface area contributed by atoms with E-state index in [1.54, 1.807) is 0 Å². The Balaban J connectivity index is 2.54. The Labute approximate surface area is 94.7 Å². The third kappa shape index (κ3) is 3.32. The number of carbonyl (C=O) groups excluding carboxylic acids is 1. The van der Waals surface area contributed by atoms with Crippen molar-refractivity contribution in [2.45, 2.75) is 33.2 Å². The molecular weight excluding hydrogens is 208 g/mol. The topological polar surface area (TPSA) is 55.1 Å². The van der Waals surface area contributed by atoms with Crippen molar-refractivity contribution >= 4 is 17.2 Å². The van der Waals surface area contributed by atoms with Gasteiger partial charge in [-0.1, -0.05) is 6.92 Å². The molecule has 1 rings (SSSR count). The standard InChI is InChI=1S/C11H18N2OS/c1-4-9(12)6-13-11(14)10-5-7(2)8(3)15-10/h5,9H,4,6,12H2,1-3H3,(H,13,14). The van der Waals surface area contributed by atoms with Crippen molar-refractivity contribution < 1.29 is 4.79 Å². The van der Waals surface area contributed by atoms with E-state index in [0.29, 0.717) is 6.54 Å². The monoisotopic (exact) mass is 226 g/mol. The lowest BCUT2D eigenvalue weighted by Gasteiger charge is -2.08. The van der Waals surface area contributed by atoms with Crippen LogP contribution in [-0.4, -0.2) is 18.5 Å². The van der Waals surface area contributed by atoms with Crippen molar-refractivity contribution in [1.29, 1.82) is 0 Å². The minimum Gasteiger partial charge on any atom is -0.350 e. The van der Waals surface area contributed by atoms with E-state index in [2.05, 4.69) is 5.32 Å². The lowest BCUT2D eigenvalue weighted by atomic mass is 10.2. The van der Waals surface area contributed by atoms with Crippen LogP contribution in [0.1, 0.15) is 33.5 Å². The summed E-state index contributed by atoms with van der Waals surface area (Å²) in [6.07, 6.45) is 0.878. The SMILES string of the molecule is CCC(N)CNC(=O)c1cc(C)c(C)s1.